The molecule has 1 heteroatoms. The zero-order valence-corrected chi connectivity index (χ0v) is 13.7. The van der Waals surface area contributed by atoms with Crippen LogP contribution in [0.3, 0.4) is 0 Å². The summed E-state index contributed by atoms with van der Waals surface area (Å²) >= 11 is 0. The lowest BCUT2D eigenvalue weighted by Crippen LogP contribution is -2.38. The molecule has 0 aromatic rings. The summed E-state index contributed by atoms with van der Waals surface area (Å²) in [5.74, 6) is 2.41. The third kappa shape index (κ3) is 3.80. The maximum atomic E-state index is 9.88. The van der Waals surface area contributed by atoms with E-state index in [1.807, 2.05) is 13.0 Å². The fourth-order valence-electron chi connectivity index (χ4n) is 4.81. The van der Waals surface area contributed by atoms with E-state index in [1.54, 1.807) is 0 Å². The summed E-state index contributed by atoms with van der Waals surface area (Å²) in [5.41, 5.74) is 0.470. The number of hydrogen-bond acceptors (Lipinski definition) is 1. The quantitative estimate of drug-likeness (QED) is 0.577. The lowest BCUT2D eigenvalue weighted by molar-refractivity contribution is 0.0293. The van der Waals surface area contributed by atoms with Crippen molar-refractivity contribution in [3.63, 3.8) is 0 Å². The Morgan fingerprint density at radius 3 is 1.80 bits per heavy atom. The van der Waals surface area contributed by atoms with Gasteiger partial charge in [-0.05, 0) is 62.4 Å². The number of aliphatic hydroxyl groups is 1. The summed E-state index contributed by atoms with van der Waals surface area (Å²) in [5, 5.41) is 9.88. The van der Waals surface area contributed by atoms with E-state index < -0.39 is 0 Å². The minimum Gasteiger partial charge on any atom is -0.513 e. The summed E-state index contributed by atoms with van der Waals surface area (Å²) in [6.07, 6.45) is 18.3. The first-order valence-electron chi connectivity index (χ1n) is 9.01. The predicted molar refractivity (Wildman–Crippen MR) is 86.9 cm³/mol. The third-order valence-corrected chi connectivity index (χ3v) is 6.33. The molecule has 2 aliphatic carbocycles. The molecule has 20 heavy (non-hydrogen) atoms. The summed E-state index contributed by atoms with van der Waals surface area (Å²) < 4.78 is 0. The van der Waals surface area contributed by atoms with Gasteiger partial charge in [0, 0.05) is 6.42 Å². The molecule has 0 spiro atoms. The van der Waals surface area contributed by atoms with E-state index in [4.69, 9.17) is 0 Å². The SMILES string of the molecule is CC=C(O)CCC(C)(C1CCCCC1)C1CCCCC1. The molecule has 0 aromatic carbocycles. The van der Waals surface area contributed by atoms with Gasteiger partial charge in [0.15, 0.2) is 0 Å². The molecule has 0 radical (unpaired) electrons. The van der Waals surface area contributed by atoms with Crippen molar-refractivity contribution in [3.8, 4) is 0 Å². The lowest BCUT2D eigenvalue weighted by Gasteiger charge is -2.47. The Hall–Kier alpha value is -0.460. The van der Waals surface area contributed by atoms with Crippen molar-refractivity contribution in [1.82, 2.24) is 0 Å². The molecule has 2 saturated carbocycles. The van der Waals surface area contributed by atoms with Crippen molar-refractivity contribution in [2.45, 2.75) is 90.9 Å². The summed E-state index contributed by atoms with van der Waals surface area (Å²) in [6, 6.07) is 0. The second-order valence-corrected chi connectivity index (χ2v) is 7.46. The van der Waals surface area contributed by atoms with Crippen molar-refractivity contribution in [3.05, 3.63) is 11.8 Å². The number of hydrogen-bond donors (Lipinski definition) is 1. The Morgan fingerprint density at radius 2 is 1.40 bits per heavy atom. The van der Waals surface area contributed by atoms with Crippen LogP contribution in [0.1, 0.15) is 90.9 Å². The van der Waals surface area contributed by atoms with Gasteiger partial charge < -0.3 is 5.11 Å². The van der Waals surface area contributed by atoms with E-state index in [9.17, 15) is 5.11 Å². The second-order valence-electron chi connectivity index (χ2n) is 7.46. The monoisotopic (exact) mass is 278 g/mol. The highest BCUT2D eigenvalue weighted by atomic mass is 16.3. The maximum absolute atomic E-state index is 9.88. The second kappa shape index (κ2) is 7.52. The molecule has 2 rings (SSSR count). The fourth-order valence-corrected chi connectivity index (χ4v) is 4.81. The van der Waals surface area contributed by atoms with Crippen LogP contribution in [0.4, 0.5) is 0 Å². The smallest absolute Gasteiger partial charge is 0.0880 e. The largest absolute Gasteiger partial charge is 0.513 e. The molecule has 0 saturated heterocycles. The summed E-state index contributed by atoms with van der Waals surface area (Å²) in [7, 11) is 0. The Kier molecular flexibility index (Phi) is 5.99. The maximum Gasteiger partial charge on any atom is 0.0880 e. The van der Waals surface area contributed by atoms with Gasteiger partial charge >= 0.3 is 0 Å². The molecule has 0 bridgehead atoms. The molecule has 1 N–H and O–H groups in total. The van der Waals surface area contributed by atoms with Crippen LogP contribution in [0.2, 0.25) is 0 Å². The van der Waals surface area contributed by atoms with Gasteiger partial charge in [-0.1, -0.05) is 45.4 Å². The molecule has 2 fully saturated rings. The van der Waals surface area contributed by atoms with Gasteiger partial charge in [0.1, 0.15) is 0 Å². The first-order valence-corrected chi connectivity index (χ1v) is 9.01. The average Bonchev–Trinajstić information content (AvgIpc) is 2.54. The molecule has 0 heterocycles. The van der Waals surface area contributed by atoms with E-state index in [0.29, 0.717) is 11.2 Å². The standard InChI is InChI=1S/C19H34O/c1-3-18(20)14-15-19(2,16-10-6-4-7-11-16)17-12-8-5-9-13-17/h3,16-17,20H,4-15H2,1-2H3. The van der Waals surface area contributed by atoms with Crippen LogP contribution in [0, 0.1) is 17.3 Å². The Labute approximate surface area is 125 Å². The van der Waals surface area contributed by atoms with Crippen LogP contribution >= 0.6 is 0 Å². The van der Waals surface area contributed by atoms with Gasteiger partial charge in [0.25, 0.3) is 0 Å². The van der Waals surface area contributed by atoms with Crippen LogP contribution in [-0.2, 0) is 0 Å². The van der Waals surface area contributed by atoms with Crippen molar-refractivity contribution >= 4 is 0 Å². The van der Waals surface area contributed by atoms with Crippen LogP contribution in [0.25, 0.3) is 0 Å². The highest BCUT2D eigenvalue weighted by molar-refractivity contribution is 4.96. The van der Waals surface area contributed by atoms with Crippen LogP contribution in [-0.4, -0.2) is 5.11 Å². The topological polar surface area (TPSA) is 20.2 Å². The van der Waals surface area contributed by atoms with Gasteiger partial charge in [-0.25, -0.2) is 0 Å². The highest BCUT2D eigenvalue weighted by Gasteiger charge is 2.41. The molecule has 116 valence electrons. The van der Waals surface area contributed by atoms with Crippen molar-refractivity contribution < 1.29 is 5.11 Å². The van der Waals surface area contributed by atoms with Crippen molar-refractivity contribution in [2.24, 2.45) is 17.3 Å². The molecule has 2 aliphatic rings. The average molecular weight is 278 g/mol. The highest BCUT2D eigenvalue weighted by Crippen LogP contribution is 2.51. The number of allylic oxidation sites excluding steroid dienone is 2. The van der Waals surface area contributed by atoms with Crippen molar-refractivity contribution in [1.29, 1.82) is 0 Å². The van der Waals surface area contributed by atoms with Gasteiger partial charge in [0.2, 0.25) is 0 Å². The minimum absolute atomic E-state index is 0.470. The van der Waals surface area contributed by atoms with Gasteiger partial charge in [0.05, 0.1) is 5.76 Å². The van der Waals surface area contributed by atoms with E-state index >= 15 is 0 Å². The lowest BCUT2D eigenvalue weighted by atomic mass is 9.58. The molecule has 0 amide bonds. The van der Waals surface area contributed by atoms with Crippen molar-refractivity contribution in [2.75, 3.05) is 0 Å². The predicted octanol–water partition coefficient (Wildman–Crippen LogP) is 6.40. The van der Waals surface area contributed by atoms with E-state index in [0.717, 1.165) is 18.3 Å². The van der Waals surface area contributed by atoms with Gasteiger partial charge in [-0.2, -0.15) is 0 Å². The first kappa shape index (κ1) is 15.9. The summed E-state index contributed by atoms with van der Waals surface area (Å²) in [6.45, 7) is 4.51. The zero-order valence-electron chi connectivity index (χ0n) is 13.7. The Balaban J connectivity index is 2.07. The van der Waals surface area contributed by atoms with E-state index in [2.05, 4.69) is 6.92 Å². The molecular formula is C19H34O. The zero-order chi connectivity index (χ0) is 14.4. The molecule has 0 atom stereocenters. The minimum atomic E-state index is 0.470. The molecule has 0 unspecified atom stereocenters. The Bertz CT molecular complexity index is 288. The van der Waals surface area contributed by atoms with E-state index in [-0.39, 0.29) is 0 Å². The third-order valence-electron chi connectivity index (χ3n) is 6.33. The van der Waals surface area contributed by atoms with Crippen LogP contribution in [0.5, 0.6) is 0 Å². The molecule has 0 aliphatic heterocycles. The first-order chi connectivity index (χ1) is 9.66. The number of rotatable bonds is 5. The van der Waals surface area contributed by atoms with Gasteiger partial charge in [-0.15, -0.1) is 0 Å². The van der Waals surface area contributed by atoms with E-state index in [1.165, 1.54) is 70.6 Å². The van der Waals surface area contributed by atoms with Gasteiger partial charge in [-0.3, -0.25) is 0 Å². The molecular weight excluding hydrogens is 244 g/mol. The van der Waals surface area contributed by atoms with Crippen LogP contribution < -0.4 is 0 Å². The normalized spacial score (nSPS) is 24.0. The fraction of sp³-hybridized carbons (Fsp3) is 0.895. The molecule has 0 aromatic heterocycles. The van der Waals surface area contributed by atoms with Crippen LogP contribution in [0.15, 0.2) is 11.8 Å². The molecule has 1 nitrogen and oxygen atoms in total. The summed E-state index contributed by atoms with van der Waals surface area (Å²) in [4.78, 5) is 0. The number of aliphatic hydroxyl groups excluding tert-OH is 1. The Morgan fingerprint density at radius 1 is 0.950 bits per heavy atom.